The van der Waals surface area contributed by atoms with Gasteiger partial charge in [-0.3, -0.25) is 14.4 Å². The molecule has 296 valence electrons. The van der Waals surface area contributed by atoms with Crippen molar-refractivity contribution in [3.63, 3.8) is 0 Å². The lowest BCUT2D eigenvalue weighted by atomic mass is 9.46. The number of carbonyl (C=O) groups excluding carboxylic acids is 5. The van der Waals surface area contributed by atoms with Crippen molar-refractivity contribution in [1.29, 1.82) is 0 Å². The van der Waals surface area contributed by atoms with E-state index in [1.165, 1.54) is 25.3 Å². The Morgan fingerprint density at radius 3 is 2.52 bits per heavy atom. The van der Waals surface area contributed by atoms with Crippen molar-refractivity contribution in [3.8, 4) is 11.5 Å². The summed E-state index contributed by atoms with van der Waals surface area (Å²) in [6.45, 7) is 9.89. The first-order valence-electron chi connectivity index (χ1n) is 19.8. The van der Waals surface area contributed by atoms with Gasteiger partial charge in [-0.15, -0.1) is 0 Å². The van der Waals surface area contributed by atoms with Crippen molar-refractivity contribution in [3.05, 3.63) is 47.6 Å². The van der Waals surface area contributed by atoms with E-state index in [9.17, 15) is 29.1 Å². The maximum Gasteiger partial charge on any atom is 0.514 e. The summed E-state index contributed by atoms with van der Waals surface area (Å²) in [7, 11) is 1.37. The first kappa shape index (κ1) is 41.2. The zero-order valence-corrected chi connectivity index (χ0v) is 32.8. The van der Waals surface area contributed by atoms with Gasteiger partial charge in [-0.25, -0.2) is 9.59 Å². The minimum atomic E-state index is -1.63. The molecule has 4 aliphatic rings. The fourth-order valence-electron chi connectivity index (χ4n) is 9.85. The second-order valence-corrected chi connectivity index (χ2v) is 16.2. The topological polar surface area (TPSA) is 152 Å². The number of unbranched alkanes of at least 4 members (excludes halogenated alkanes) is 2. The van der Waals surface area contributed by atoms with Gasteiger partial charge in [-0.2, -0.15) is 0 Å². The number of carbonyl (C=O) groups is 5. The van der Waals surface area contributed by atoms with Crippen LogP contribution in [0.25, 0.3) is 0 Å². The molecule has 0 heterocycles. The van der Waals surface area contributed by atoms with Gasteiger partial charge in [0.15, 0.2) is 29.5 Å². The van der Waals surface area contributed by atoms with E-state index in [1.807, 2.05) is 19.9 Å². The van der Waals surface area contributed by atoms with Crippen molar-refractivity contribution in [2.75, 3.05) is 20.3 Å². The Morgan fingerprint density at radius 1 is 1.02 bits per heavy atom. The molecule has 0 radical (unpaired) electrons. The number of Topliss-reactive ketones (excluding diaryl/α,β-unsaturated/α-hetero) is 1. The average molecular weight is 751 g/mol. The zero-order valence-electron chi connectivity index (χ0n) is 32.8. The number of aliphatic hydroxyl groups is 1. The van der Waals surface area contributed by atoms with Crippen molar-refractivity contribution in [2.24, 2.45) is 34.5 Å². The van der Waals surface area contributed by atoms with Gasteiger partial charge in [0.05, 0.1) is 25.4 Å². The third kappa shape index (κ3) is 8.16. The van der Waals surface area contributed by atoms with Crippen molar-refractivity contribution < 1.29 is 52.8 Å². The van der Waals surface area contributed by atoms with Crippen LogP contribution in [-0.2, 0) is 28.6 Å². The van der Waals surface area contributed by atoms with E-state index in [-0.39, 0.29) is 59.9 Å². The molecule has 54 heavy (non-hydrogen) atoms. The van der Waals surface area contributed by atoms with Gasteiger partial charge in [0.25, 0.3) is 0 Å². The molecule has 8 atom stereocenters. The fraction of sp³-hybridized carbons (Fsp3) is 0.651. The molecule has 5 rings (SSSR count). The summed E-state index contributed by atoms with van der Waals surface area (Å²) >= 11 is 0. The summed E-state index contributed by atoms with van der Waals surface area (Å²) in [5, 5.41) is 11.9. The highest BCUT2D eigenvalue weighted by Gasteiger charge is 2.70. The van der Waals surface area contributed by atoms with Crippen molar-refractivity contribution in [2.45, 2.75) is 123 Å². The largest absolute Gasteiger partial charge is 0.514 e. The minimum Gasteiger partial charge on any atom is -0.493 e. The van der Waals surface area contributed by atoms with Crippen LogP contribution in [0, 0.1) is 34.5 Å². The second kappa shape index (κ2) is 17.2. The summed E-state index contributed by atoms with van der Waals surface area (Å²) in [6, 6.07) is 4.26. The van der Waals surface area contributed by atoms with Gasteiger partial charge in [0, 0.05) is 23.2 Å². The number of hydrogen-bond donors (Lipinski definition) is 1. The van der Waals surface area contributed by atoms with Crippen LogP contribution >= 0.6 is 0 Å². The van der Waals surface area contributed by atoms with E-state index >= 15 is 0 Å². The monoisotopic (exact) mass is 750 g/mol. The Bertz CT molecular complexity index is 1640. The van der Waals surface area contributed by atoms with Crippen LogP contribution in [0.5, 0.6) is 11.5 Å². The fourth-order valence-corrected chi connectivity index (χ4v) is 9.85. The van der Waals surface area contributed by atoms with Crippen LogP contribution < -0.4 is 9.47 Å². The number of hydrogen-bond acceptors (Lipinski definition) is 11. The Hall–Kier alpha value is -3.99. The predicted molar refractivity (Wildman–Crippen MR) is 200 cm³/mol. The SMILES string of the molecule is CCCCC(=O)OC1(C(=O)COC(=O)Oc2ccc(C(=O)OCCCCC(C)CC)cc2OC)CCC2C3CCC4=CC(=O)C=CC4(C)C3C(O)CC21C. The number of benzene rings is 1. The molecule has 8 unspecified atom stereocenters. The Kier molecular flexibility index (Phi) is 13.1. The van der Waals surface area contributed by atoms with E-state index in [2.05, 4.69) is 20.8 Å². The smallest absolute Gasteiger partial charge is 0.493 e. The molecule has 0 aromatic heterocycles. The summed E-state index contributed by atoms with van der Waals surface area (Å²) in [5.41, 5.74) is -1.81. The molecule has 1 aromatic carbocycles. The standard InChI is InChI=1S/C43H58O11/c1-7-9-13-37(47)54-43(21-19-32-31-16-15-29-24-30(44)18-20-41(29,4)38(31)33(45)25-42(32,43)5)36(46)26-52-40(49)53-34-17-14-28(23-35(34)50-6)39(48)51-22-11-10-12-27(3)8-2/h14,17-18,20,23-24,27,31-33,38,45H,7-13,15-16,19,21-22,25-26H2,1-6H3. The number of methoxy groups -OCH3 is 1. The molecule has 1 N–H and O–H groups in total. The second-order valence-electron chi connectivity index (χ2n) is 16.2. The molecule has 0 saturated heterocycles. The summed E-state index contributed by atoms with van der Waals surface area (Å²) in [6.07, 6.45) is 11.0. The number of allylic oxidation sites excluding steroid dienone is 4. The quantitative estimate of drug-likeness (QED) is 0.0760. The third-order valence-electron chi connectivity index (χ3n) is 13.0. The van der Waals surface area contributed by atoms with E-state index in [1.54, 1.807) is 12.2 Å². The average Bonchev–Trinajstić information content (AvgIpc) is 3.44. The van der Waals surface area contributed by atoms with Crippen LogP contribution in [0.15, 0.2) is 42.0 Å². The first-order valence-corrected chi connectivity index (χ1v) is 19.8. The predicted octanol–water partition coefficient (Wildman–Crippen LogP) is 7.90. The van der Waals surface area contributed by atoms with E-state index in [0.29, 0.717) is 31.8 Å². The molecular formula is C43H58O11. The molecule has 1 aromatic rings. The summed E-state index contributed by atoms with van der Waals surface area (Å²) in [5.74, 6) is -1.17. The van der Waals surface area contributed by atoms with Crippen molar-refractivity contribution >= 4 is 29.7 Å². The Labute approximate surface area is 319 Å². The lowest BCUT2D eigenvalue weighted by molar-refractivity contribution is -0.200. The van der Waals surface area contributed by atoms with E-state index in [4.69, 9.17) is 23.7 Å². The molecule has 0 aliphatic heterocycles. The van der Waals surface area contributed by atoms with Crippen LogP contribution in [-0.4, -0.2) is 66.8 Å². The molecular weight excluding hydrogens is 692 g/mol. The lowest BCUT2D eigenvalue weighted by Crippen LogP contribution is -2.63. The van der Waals surface area contributed by atoms with Crippen LogP contribution in [0.3, 0.4) is 0 Å². The molecule has 4 aliphatic carbocycles. The summed E-state index contributed by atoms with van der Waals surface area (Å²) < 4.78 is 27.8. The molecule has 11 heteroatoms. The normalized spacial score (nSPS) is 30.2. The van der Waals surface area contributed by atoms with Gasteiger partial charge in [-0.05, 0) is 99.5 Å². The maximum absolute atomic E-state index is 14.4. The number of esters is 2. The number of ketones is 2. The zero-order chi connectivity index (χ0) is 39.3. The highest BCUT2D eigenvalue weighted by Crippen LogP contribution is 2.68. The first-order chi connectivity index (χ1) is 25.7. The molecule has 0 bridgehead atoms. The van der Waals surface area contributed by atoms with Crippen LogP contribution in [0.1, 0.15) is 122 Å². The molecule has 3 fully saturated rings. The lowest BCUT2D eigenvalue weighted by Gasteiger charge is -2.59. The number of rotatable bonds is 16. The molecule has 3 saturated carbocycles. The van der Waals surface area contributed by atoms with Crippen LogP contribution in [0.2, 0.25) is 0 Å². The number of aliphatic hydroxyl groups excluding tert-OH is 1. The maximum atomic E-state index is 14.4. The van der Waals surface area contributed by atoms with Gasteiger partial charge >= 0.3 is 18.1 Å². The van der Waals surface area contributed by atoms with Crippen LogP contribution in [0.4, 0.5) is 4.79 Å². The Balaban J connectivity index is 1.28. The minimum absolute atomic E-state index is 0.0102. The third-order valence-corrected chi connectivity index (χ3v) is 13.0. The van der Waals surface area contributed by atoms with E-state index in [0.717, 1.165) is 44.1 Å². The van der Waals surface area contributed by atoms with Gasteiger partial charge in [0.1, 0.15) is 0 Å². The van der Waals surface area contributed by atoms with Gasteiger partial charge in [0.2, 0.25) is 5.78 Å². The van der Waals surface area contributed by atoms with Gasteiger partial charge < -0.3 is 28.8 Å². The highest BCUT2D eigenvalue weighted by molar-refractivity contribution is 6.01. The molecule has 0 amide bonds. The number of fused-ring (bicyclic) bond motifs is 5. The van der Waals surface area contributed by atoms with E-state index < -0.39 is 53.0 Å². The number of ether oxygens (including phenoxy) is 5. The highest BCUT2D eigenvalue weighted by atomic mass is 16.7. The Morgan fingerprint density at radius 2 is 1.80 bits per heavy atom. The summed E-state index contributed by atoms with van der Waals surface area (Å²) in [4.78, 5) is 65.6. The van der Waals surface area contributed by atoms with Crippen molar-refractivity contribution in [1.82, 2.24) is 0 Å². The molecule has 0 spiro atoms. The van der Waals surface area contributed by atoms with Gasteiger partial charge in [-0.1, -0.05) is 65.5 Å². The molecule has 11 nitrogen and oxygen atoms in total.